The van der Waals surface area contributed by atoms with Gasteiger partial charge in [0.05, 0.1) is 10.5 Å². The number of rotatable bonds is 3. The summed E-state index contributed by atoms with van der Waals surface area (Å²) >= 11 is 0. The smallest absolute Gasteiger partial charge is 0.276 e. The van der Waals surface area contributed by atoms with Crippen molar-refractivity contribution < 1.29 is 4.92 Å². The van der Waals surface area contributed by atoms with Crippen molar-refractivity contribution >= 4 is 17.5 Å². The predicted molar refractivity (Wildman–Crippen MR) is 83.5 cm³/mol. The summed E-state index contributed by atoms with van der Waals surface area (Å²) in [7, 11) is 0. The lowest BCUT2D eigenvalue weighted by molar-refractivity contribution is -0.385. The molecule has 0 atom stereocenters. The summed E-state index contributed by atoms with van der Waals surface area (Å²) in [5, 5.41) is 10.9. The molecule has 110 valence electrons. The summed E-state index contributed by atoms with van der Waals surface area (Å²) in [5.41, 5.74) is 1.86. The molecule has 0 spiro atoms. The van der Waals surface area contributed by atoms with Crippen LogP contribution in [-0.2, 0) is 0 Å². The SMILES string of the molecule is C=Cc1cc(N2CCCCC2(C)C)ccc1[N+](=O)[O-].N. The van der Waals surface area contributed by atoms with Crippen LogP contribution in [0.15, 0.2) is 24.8 Å². The van der Waals surface area contributed by atoms with E-state index in [1.54, 1.807) is 12.1 Å². The number of piperidine rings is 1. The largest absolute Gasteiger partial charge is 0.366 e. The first-order valence-electron chi connectivity index (χ1n) is 6.64. The summed E-state index contributed by atoms with van der Waals surface area (Å²) in [6, 6.07) is 5.30. The van der Waals surface area contributed by atoms with E-state index in [9.17, 15) is 10.1 Å². The van der Waals surface area contributed by atoms with E-state index in [0.29, 0.717) is 5.56 Å². The van der Waals surface area contributed by atoms with Gasteiger partial charge in [0.2, 0.25) is 0 Å². The molecule has 0 amide bonds. The van der Waals surface area contributed by atoms with E-state index in [4.69, 9.17) is 0 Å². The Balaban J connectivity index is 0.00000200. The van der Waals surface area contributed by atoms with E-state index in [-0.39, 0.29) is 22.3 Å². The topological polar surface area (TPSA) is 81.4 Å². The Hall–Kier alpha value is -1.88. The van der Waals surface area contributed by atoms with Crippen LogP contribution in [0.3, 0.4) is 0 Å². The molecule has 5 heteroatoms. The molecule has 20 heavy (non-hydrogen) atoms. The Bertz CT molecular complexity index is 512. The van der Waals surface area contributed by atoms with Crippen molar-refractivity contribution in [2.24, 2.45) is 0 Å². The van der Waals surface area contributed by atoms with Crippen molar-refractivity contribution in [3.63, 3.8) is 0 Å². The zero-order valence-electron chi connectivity index (χ0n) is 12.3. The third-order valence-corrected chi connectivity index (χ3v) is 3.89. The molecule has 0 bridgehead atoms. The molecule has 2 rings (SSSR count). The monoisotopic (exact) mass is 277 g/mol. The van der Waals surface area contributed by atoms with Crippen molar-refractivity contribution in [2.45, 2.75) is 38.6 Å². The number of benzene rings is 1. The number of nitrogens with zero attached hydrogens (tertiary/aromatic N) is 2. The zero-order chi connectivity index (χ0) is 14.0. The summed E-state index contributed by atoms with van der Waals surface area (Å²) in [6.45, 7) is 9.12. The minimum absolute atomic E-state index is 0. The average Bonchev–Trinajstić information content (AvgIpc) is 2.37. The van der Waals surface area contributed by atoms with E-state index < -0.39 is 0 Å². The molecule has 5 nitrogen and oxygen atoms in total. The molecule has 0 unspecified atom stereocenters. The Labute approximate surface area is 120 Å². The van der Waals surface area contributed by atoms with Crippen LogP contribution in [0.1, 0.15) is 38.7 Å². The molecule has 1 aromatic rings. The van der Waals surface area contributed by atoms with Gasteiger partial charge in [-0.1, -0.05) is 12.7 Å². The van der Waals surface area contributed by atoms with Crippen LogP contribution < -0.4 is 11.1 Å². The van der Waals surface area contributed by atoms with E-state index in [1.165, 1.54) is 12.8 Å². The van der Waals surface area contributed by atoms with Crippen LogP contribution in [0, 0.1) is 10.1 Å². The molecule has 3 N–H and O–H groups in total. The van der Waals surface area contributed by atoms with E-state index in [1.807, 2.05) is 12.1 Å². The third-order valence-electron chi connectivity index (χ3n) is 3.89. The summed E-state index contributed by atoms with van der Waals surface area (Å²) in [6.07, 6.45) is 5.11. The van der Waals surface area contributed by atoms with Crippen molar-refractivity contribution in [1.29, 1.82) is 0 Å². The second-order valence-electron chi connectivity index (χ2n) is 5.63. The normalized spacial score (nSPS) is 17.2. The van der Waals surface area contributed by atoms with Crippen molar-refractivity contribution in [1.82, 2.24) is 6.15 Å². The van der Waals surface area contributed by atoms with Gasteiger partial charge >= 0.3 is 0 Å². The second-order valence-corrected chi connectivity index (χ2v) is 5.63. The van der Waals surface area contributed by atoms with Crippen molar-refractivity contribution in [3.05, 3.63) is 40.5 Å². The average molecular weight is 277 g/mol. The quantitative estimate of drug-likeness (QED) is 0.664. The van der Waals surface area contributed by atoms with Gasteiger partial charge in [0.25, 0.3) is 5.69 Å². The maximum absolute atomic E-state index is 10.9. The van der Waals surface area contributed by atoms with E-state index >= 15 is 0 Å². The number of nitro benzene ring substituents is 1. The van der Waals surface area contributed by atoms with Crippen LogP contribution >= 0.6 is 0 Å². The molecule has 0 aliphatic carbocycles. The van der Waals surface area contributed by atoms with Gasteiger partial charge < -0.3 is 11.1 Å². The molecule has 0 radical (unpaired) electrons. The van der Waals surface area contributed by atoms with Crippen LogP contribution in [0.2, 0.25) is 0 Å². The molecule has 0 saturated carbocycles. The molecule has 1 aliphatic heterocycles. The van der Waals surface area contributed by atoms with Crippen LogP contribution in [0.25, 0.3) is 6.08 Å². The maximum atomic E-state index is 10.9. The highest BCUT2D eigenvalue weighted by Crippen LogP contribution is 2.34. The van der Waals surface area contributed by atoms with Gasteiger partial charge in [-0.25, -0.2) is 0 Å². The second kappa shape index (κ2) is 6.05. The molecular weight excluding hydrogens is 254 g/mol. The maximum Gasteiger partial charge on any atom is 0.276 e. The highest BCUT2D eigenvalue weighted by molar-refractivity contribution is 5.67. The van der Waals surface area contributed by atoms with Crippen LogP contribution in [0.4, 0.5) is 11.4 Å². The molecule has 0 aromatic heterocycles. The molecule has 1 heterocycles. The highest BCUT2D eigenvalue weighted by atomic mass is 16.6. The lowest BCUT2D eigenvalue weighted by Crippen LogP contribution is -2.47. The number of anilines is 1. The van der Waals surface area contributed by atoms with Crippen molar-refractivity contribution in [3.8, 4) is 0 Å². The fraction of sp³-hybridized carbons (Fsp3) is 0.467. The van der Waals surface area contributed by atoms with E-state index in [2.05, 4.69) is 25.3 Å². The molecule has 1 aromatic carbocycles. The van der Waals surface area contributed by atoms with E-state index in [0.717, 1.165) is 18.7 Å². The summed E-state index contributed by atoms with van der Waals surface area (Å²) in [4.78, 5) is 12.9. The van der Waals surface area contributed by atoms with Gasteiger partial charge in [0.15, 0.2) is 0 Å². The minimum atomic E-state index is -0.359. The lowest BCUT2D eigenvalue weighted by Gasteiger charge is -2.44. The molecule has 1 aliphatic rings. The van der Waals surface area contributed by atoms with Crippen molar-refractivity contribution in [2.75, 3.05) is 11.4 Å². The van der Waals surface area contributed by atoms with Gasteiger partial charge in [-0.2, -0.15) is 0 Å². The minimum Gasteiger partial charge on any atom is -0.366 e. The van der Waals surface area contributed by atoms with Gasteiger partial charge in [0, 0.05) is 23.8 Å². The Kier molecular flexibility index (Phi) is 4.89. The zero-order valence-corrected chi connectivity index (χ0v) is 12.3. The third kappa shape index (κ3) is 2.99. The summed E-state index contributed by atoms with van der Waals surface area (Å²) in [5.74, 6) is 0. The first kappa shape index (κ1) is 16.2. The Morgan fingerprint density at radius 2 is 2.10 bits per heavy atom. The Morgan fingerprint density at radius 3 is 2.65 bits per heavy atom. The van der Waals surface area contributed by atoms with Gasteiger partial charge in [-0.15, -0.1) is 0 Å². The molecular formula is C15H23N3O2. The lowest BCUT2D eigenvalue weighted by atomic mass is 9.89. The van der Waals surface area contributed by atoms with Gasteiger partial charge in [-0.05, 0) is 45.2 Å². The molecule has 1 saturated heterocycles. The fourth-order valence-corrected chi connectivity index (χ4v) is 2.78. The first-order chi connectivity index (χ1) is 8.95. The Morgan fingerprint density at radius 1 is 1.40 bits per heavy atom. The molecule has 1 fully saturated rings. The summed E-state index contributed by atoms with van der Waals surface area (Å²) < 4.78 is 0. The fourth-order valence-electron chi connectivity index (χ4n) is 2.78. The predicted octanol–water partition coefficient (Wildman–Crippen LogP) is 4.17. The van der Waals surface area contributed by atoms with Crippen LogP contribution in [0.5, 0.6) is 0 Å². The van der Waals surface area contributed by atoms with Gasteiger partial charge in [-0.3, -0.25) is 10.1 Å². The standard InChI is InChI=1S/C15H20N2O2.H3N/c1-4-12-11-13(7-8-14(12)17(18)19)16-10-6-5-9-15(16,2)3;/h4,7-8,11H,1,5-6,9-10H2,2-3H3;1H3. The first-order valence-corrected chi connectivity index (χ1v) is 6.64. The van der Waals surface area contributed by atoms with Crippen LogP contribution in [-0.4, -0.2) is 17.0 Å². The number of hydrogen-bond donors (Lipinski definition) is 1. The highest BCUT2D eigenvalue weighted by Gasteiger charge is 2.30. The number of nitro groups is 1. The number of hydrogen-bond acceptors (Lipinski definition) is 4. The van der Waals surface area contributed by atoms with Gasteiger partial charge in [0.1, 0.15) is 0 Å².